The predicted molar refractivity (Wildman–Crippen MR) is 134 cm³/mol. The number of carbonyl (C=O) groups is 2. The third kappa shape index (κ3) is 6.84. The topological polar surface area (TPSA) is 84.9 Å². The van der Waals surface area contributed by atoms with Crippen LogP contribution in [0.2, 0.25) is 5.02 Å². The molecule has 3 aromatic carbocycles. The summed E-state index contributed by atoms with van der Waals surface area (Å²) in [5.41, 5.74) is 2.13. The van der Waals surface area contributed by atoms with E-state index in [0.717, 1.165) is 22.2 Å². The molecule has 4 rings (SSSR count). The van der Waals surface area contributed by atoms with Crippen molar-refractivity contribution in [3.63, 3.8) is 0 Å². The largest absolute Gasteiger partial charge is 1.00 e. The fourth-order valence-corrected chi connectivity index (χ4v) is 4.69. The Labute approximate surface area is 245 Å². The van der Waals surface area contributed by atoms with Crippen molar-refractivity contribution >= 4 is 39.3 Å². The number of ether oxygens (including phenoxy) is 3. The summed E-state index contributed by atoms with van der Waals surface area (Å²) in [5.74, 6) is 0.178. The van der Waals surface area contributed by atoms with Gasteiger partial charge >= 0.3 is 29.6 Å². The Bertz CT molecular complexity index is 1250. The van der Waals surface area contributed by atoms with Crippen molar-refractivity contribution < 1.29 is 58.5 Å². The minimum atomic E-state index is -1.16. The predicted octanol–water partition coefficient (Wildman–Crippen LogP) is 2.73. The second-order valence-electron chi connectivity index (χ2n) is 8.19. The van der Waals surface area contributed by atoms with E-state index in [1.807, 2.05) is 18.2 Å². The standard InChI is InChI=1S/C27H24BrClO6.Na/c1-33-24-10-7-18(28)13-17(24)3-2-4-23(30)16-5-8-19(9-6-16)35-26-15-25-21(14-22(26)29)20(27(31)32)11-12-34-25;/h5-10,13-15,20H,2-4,11-12H2,1H3,(H,31,32);/q;+1/p-1. The molecule has 1 aliphatic rings. The molecule has 1 atom stereocenters. The molecule has 0 spiro atoms. The number of Topliss-reactive ketones (excluding diaryl/α,β-unsaturated/α-hetero) is 1. The van der Waals surface area contributed by atoms with Gasteiger partial charge in [0.2, 0.25) is 0 Å². The van der Waals surface area contributed by atoms with Crippen LogP contribution in [0.3, 0.4) is 0 Å². The van der Waals surface area contributed by atoms with Crippen molar-refractivity contribution in [3.8, 4) is 23.0 Å². The number of hydrogen-bond acceptors (Lipinski definition) is 6. The molecule has 0 aromatic heterocycles. The molecule has 0 radical (unpaired) electrons. The molecule has 0 bridgehead atoms. The number of aryl methyl sites for hydroxylation is 1. The summed E-state index contributed by atoms with van der Waals surface area (Å²) in [6.07, 6.45) is 2.16. The van der Waals surface area contributed by atoms with Crippen LogP contribution in [-0.2, 0) is 11.2 Å². The molecule has 9 heteroatoms. The van der Waals surface area contributed by atoms with Crippen molar-refractivity contribution in [2.45, 2.75) is 31.6 Å². The molecule has 0 amide bonds. The number of methoxy groups -OCH3 is 1. The van der Waals surface area contributed by atoms with E-state index < -0.39 is 11.9 Å². The van der Waals surface area contributed by atoms with Crippen LogP contribution in [0.5, 0.6) is 23.0 Å². The van der Waals surface area contributed by atoms with E-state index in [4.69, 9.17) is 25.8 Å². The molecule has 1 unspecified atom stereocenters. The molecule has 6 nitrogen and oxygen atoms in total. The van der Waals surface area contributed by atoms with E-state index >= 15 is 0 Å². The summed E-state index contributed by atoms with van der Waals surface area (Å²) in [6, 6.07) is 15.8. The number of carbonyl (C=O) groups excluding carboxylic acids is 2. The zero-order chi connectivity index (χ0) is 24.9. The minimum absolute atomic E-state index is 0. The van der Waals surface area contributed by atoms with E-state index in [1.165, 1.54) is 0 Å². The summed E-state index contributed by atoms with van der Waals surface area (Å²) >= 11 is 9.81. The number of rotatable bonds is 9. The van der Waals surface area contributed by atoms with Crippen molar-refractivity contribution in [2.24, 2.45) is 0 Å². The fourth-order valence-electron chi connectivity index (χ4n) is 4.07. The van der Waals surface area contributed by atoms with Crippen LogP contribution in [0.15, 0.2) is 59.1 Å². The van der Waals surface area contributed by atoms with Crippen LogP contribution in [-0.4, -0.2) is 25.5 Å². The van der Waals surface area contributed by atoms with Crippen molar-refractivity contribution in [1.29, 1.82) is 0 Å². The van der Waals surface area contributed by atoms with Gasteiger partial charge in [-0.05, 0) is 73.4 Å². The Hall–Kier alpha value is -2.03. The van der Waals surface area contributed by atoms with Crippen LogP contribution in [0.1, 0.15) is 46.7 Å². The Morgan fingerprint density at radius 1 is 1.11 bits per heavy atom. The molecule has 0 fully saturated rings. The van der Waals surface area contributed by atoms with E-state index in [-0.39, 0.29) is 47.0 Å². The quantitative estimate of drug-likeness (QED) is 0.286. The fraction of sp³-hybridized carbons (Fsp3) is 0.259. The number of carboxylic acids is 1. The van der Waals surface area contributed by atoms with Gasteiger partial charge in [-0.15, -0.1) is 0 Å². The first-order valence-electron chi connectivity index (χ1n) is 11.2. The Balaban J connectivity index is 0.00000361. The van der Waals surface area contributed by atoms with E-state index in [1.54, 1.807) is 43.5 Å². The molecule has 3 aromatic rings. The van der Waals surface area contributed by atoms with Crippen molar-refractivity contribution in [1.82, 2.24) is 0 Å². The van der Waals surface area contributed by atoms with Gasteiger partial charge in [-0.3, -0.25) is 4.79 Å². The van der Waals surface area contributed by atoms with Crippen molar-refractivity contribution in [3.05, 3.63) is 80.8 Å². The van der Waals surface area contributed by atoms with Gasteiger partial charge in [0.25, 0.3) is 0 Å². The first-order chi connectivity index (χ1) is 16.9. The Morgan fingerprint density at radius 3 is 2.56 bits per heavy atom. The Morgan fingerprint density at radius 2 is 1.86 bits per heavy atom. The van der Waals surface area contributed by atoms with Crippen molar-refractivity contribution in [2.75, 3.05) is 13.7 Å². The first kappa shape index (κ1) is 28.5. The van der Waals surface area contributed by atoms with E-state index in [2.05, 4.69) is 15.9 Å². The van der Waals surface area contributed by atoms with Gasteiger partial charge in [-0.2, -0.15) is 0 Å². The number of ketones is 1. The maximum Gasteiger partial charge on any atom is 1.00 e. The van der Waals surface area contributed by atoms with Crippen LogP contribution >= 0.6 is 27.5 Å². The number of benzene rings is 3. The van der Waals surface area contributed by atoms with Crippen LogP contribution in [0.25, 0.3) is 0 Å². The molecule has 0 saturated heterocycles. The maximum absolute atomic E-state index is 12.7. The van der Waals surface area contributed by atoms with Gasteiger partial charge in [-0.25, -0.2) is 0 Å². The van der Waals surface area contributed by atoms with Gasteiger partial charge in [-0.1, -0.05) is 27.5 Å². The maximum atomic E-state index is 12.7. The summed E-state index contributed by atoms with van der Waals surface area (Å²) < 4.78 is 17.8. The number of fused-ring (bicyclic) bond motifs is 1. The number of aliphatic carboxylic acids is 1. The van der Waals surface area contributed by atoms with Gasteiger partial charge in [0.1, 0.15) is 23.0 Å². The molecule has 0 saturated carbocycles. The smallest absolute Gasteiger partial charge is 0.549 e. The molecule has 1 aliphatic heterocycles. The zero-order valence-electron chi connectivity index (χ0n) is 20.0. The normalized spacial score (nSPS) is 14.1. The summed E-state index contributed by atoms with van der Waals surface area (Å²) in [6.45, 7) is 0.276. The molecule has 1 heterocycles. The Kier molecular flexibility index (Phi) is 10.3. The zero-order valence-corrected chi connectivity index (χ0v) is 24.4. The summed E-state index contributed by atoms with van der Waals surface area (Å²) in [7, 11) is 1.64. The molecule has 0 N–H and O–H groups in total. The van der Waals surface area contributed by atoms with Gasteiger partial charge < -0.3 is 24.1 Å². The molecular weight excluding hydrogens is 559 g/mol. The van der Waals surface area contributed by atoms with Gasteiger partial charge in [0, 0.05) is 40.0 Å². The summed E-state index contributed by atoms with van der Waals surface area (Å²) in [4.78, 5) is 24.0. The average Bonchev–Trinajstić information content (AvgIpc) is 2.84. The van der Waals surface area contributed by atoms with Crippen LogP contribution in [0.4, 0.5) is 0 Å². The second-order valence-corrected chi connectivity index (χ2v) is 9.51. The average molecular weight is 582 g/mol. The van der Waals surface area contributed by atoms with E-state index in [9.17, 15) is 14.7 Å². The molecule has 182 valence electrons. The monoisotopic (exact) mass is 580 g/mol. The van der Waals surface area contributed by atoms with E-state index in [0.29, 0.717) is 47.6 Å². The van der Waals surface area contributed by atoms with Crippen LogP contribution in [0, 0.1) is 0 Å². The molecule has 0 aliphatic carbocycles. The summed E-state index contributed by atoms with van der Waals surface area (Å²) in [5, 5.41) is 11.7. The second kappa shape index (κ2) is 13.0. The van der Waals surface area contributed by atoms with Crippen LogP contribution < -0.4 is 48.9 Å². The third-order valence-corrected chi connectivity index (χ3v) is 6.67. The molecule has 36 heavy (non-hydrogen) atoms. The van der Waals surface area contributed by atoms with Gasteiger partial charge in [0.15, 0.2) is 5.78 Å². The SMILES string of the molecule is COc1ccc(Br)cc1CCCC(=O)c1ccc(Oc2cc3c(cc2Cl)C(C(=O)[O-])CCO3)cc1.[Na+]. The van der Waals surface area contributed by atoms with Gasteiger partial charge in [0.05, 0.1) is 18.7 Å². The third-order valence-electron chi connectivity index (χ3n) is 5.88. The number of halogens is 2. The number of hydrogen-bond donors (Lipinski definition) is 0. The molecular formula is C27H23BrClNaO6. The first-order valence-corrected chi connectivity index (χ1v) is 12.3. The minimum Gasteiger partial charge on any atom is -0.549 e. The number of carboxylic acid groups (broad SMARTS) is 1.